The van der Waals surface area contributed by atoms with Gasteiger partial charge in [0, 0.05) is 17.4 Å². The van der Waals surface area contributed by atoms with Crippen LogP contribution < -0.4 is 5.56 Å². The van der Waals surface area contributed by atoms with Crippen LogP contribution in [0.2, 0.25) is 0 Å². The molecule has 2 aromatic rings. The van der Waals surface area contributed by atoms with E-state index in [1.54, 1.807) is 0 Å². The molecular formula is C21H23F2NO3S. The van der Waals surface area contributed by atoms with Gasteiger partial charge >= 0.3 is 5.97 Å². The van der Waals surface area contributed by atoms with Gasteiger partial charge in [0.1, 0.15) is 6.04 Å². The van der Waals surface area contributed by atoms with Crippen LogP contribution in [0.5, 0.6) is 0 Å². The zero-order valence-corrected chi connectivity index (χ0v) is 16.5. The summed E-state index contributed by atoms with van der Waals surface area (Å²) in [7, 11) is 0. The van der Waals surface area contributed by atoms with E-state index in [0.717, 1.165) is 49.8 Å². The second-order valence-corrected chi connectivity index (χ2v) is 8.02. The third-order valence-electron chi connectivity index (χ3n) is 5.02. The first kappa shape index (κ1) is 20.6. The van der Waals surface area contributed by atoms with Crippen molar-refractivity contribution in [3.8, 4) is 11.1 Å². The molecule has 0 bridgehead atoms. The van der Waals surface area contributed by atoms with E-state index < -0.39 is 23.6 Å². The number of carbonyl (C=O) groups is 1. The highest BCUT2D eigenvalue weighted by Crippen LogP contribution is 2.41. The van der Waals surface area contributed by atoms with Gasteiger partial charge < -0.3 is 5.11 Å². The Hall–Kier alpha value is -2.15. The number of fused-ring (bicyclic) bond motifs is 1. The number of thioether (sulfide) groups is 1. The van der Waals surface area contributed by atoms with E-state index in [1.807, 2.05) is 0 Å². The highest BCUT2D eigenvalue weighted by atomic mass is 32.2. The molecule has 1 N–H and O–H groups in total. The minimum Gasteiger partial charge on any atom is -0.480 e. The number of pyridine rings is 1. The third kappa shape index (κ3) is 4.14. The number of unbranched alkanes of at least 4 members (excludes halogenated alkanes) is 4. The number of benzene rings is 1. The summed E-state index contributed by atoms with van der Waals surface area (Å²) in [5.74, 6) is -2.74. The Labute approximate surface area is 166 Å². The van der Waals surface area contributed by atoms with Gasteiger partial charge in [-0.3, -0.25) is 9.36 Å². The smallest absolute Gasteiger partial charge is 0.327 e. The van der Waals surface area contributed by atoms with Gasteiger partial charge in [-0.05, 0) is 36.1 Å². The predicted octanol–water partition coefficient (Wildman–Crippen LogP) is 5.04. The largest absolute Gasteiger partial charge is 0.480 e. The molecule has 4 nitrogen and oxygen atoms in total. The summed E-state index contributed by atoms with van der Waals surface area (Å²) < 4.78 is 28.6. The zero-order valence-electron chi connectivity index (χ0n) is 15.7. The van der Waals surface area contributed by atoms with Crippen LogP contribution in [0, 0.1) is 11.6 Å². The molecule has 0 spiro atoms. The Morgan fingerprint density at radius 3 is 2.61 bits per heavy atom. The van der Waals surface area contributed by atoms with Gasteiger partial charge in [0.05, 0.1) is 5.03 Å². The predicted molar refractivity (Wildman–Crippen MR) is 106 cm³/mol. The van der Waals surface area contributed by atoms with Crippen molar-refractivity contribution in [1.82, 2.24) is 4.57 Å². The first-order valence-corrected chi connectivity index (χ1v) is 10.5. The van der Waals surface area contributed by atoms with Crippen molar-refractivity contribution in [2.75, 3.05) is 5.75 Å². The van der Waals surface area contributed by atoms with Gasteiger partial charge in [0.2, 0.25) is 0 Å². The summed E-state index contributed by atoms with van der Waals surface area (Å²) in [6, 6.07) is 4.17. The molecule has 1 aromatic carbocycles. The number of nitrogens with zero attached hydrogens (tertiary/aromatic N) is 1. The van der Waals surface area contributed by atoms with Crippen LogP contribution >= 0.6 is 11.8 Å². The van der Waals surface area contributed by atoms with E-state index in [0.29, 0.717) is 22.6 Å². The normalized spacial score (nSPS) is 15.6. The van der Waals surface area contributed by atoms with Crippen LogP contribution in [0.15, 0.2) is 34.1 Å². The highest BCUT2D eigenvalue weighted by molar-refractivity contribution is 7.99. The van der Waals surface area contributed by atoms with Gasteiger partial charge in [-0.2, -0.15) is 0 Å². The lowest BCUT2D eigenvalue weighted by Gasteiger charge is -2.17. The lowest BCUT2D eigenvalue weighted by molar-refractivity contribution is -0.140. The number of carboxylic acid groups (broad SMARTS) is 1. The summed E-state index contributed by atoms with van der Waals surface area (Å²) in [5, 5.41) is 9.96. The second-order valence-electron chi connectivity index (χ2n) is 7.02. The van der Waals surface area contributed by atoms with Crippen LogP contribution in [0.3, 0.4) is 0 Å². The Balaban J connectivity index is 2.06. The maximum atomic E-state index is 13.9. The quantitative estimate of drug-likeness (QED) is 0.623. The summed E-state index contributed by atoms with van der Waals surface area (Å²) in [5.41, 5.74) is 1.51. The number of hydrogen-bond donors (Lipinski definition) is 1. The van der Waals surface area contributed by atoms with E-state index >= 15 is 0 Å². The first-order valence-electron chi connectivity index (χ1n) is 9.53. The molecule has 0 amide bonds. The molecule has 0 unspecified atom stereocenters. The van der Waals surface area contributed by atoms with Gasteiger partial charge in [0.15, 0.2) is 11.6 Å². The number of aliphatic carboxylic acids is 1. The van der Waals surface area contributed by atoms with Crippen molar-refractivity contribution < 1.29 is 18.7 Å². The number of rotatable bonds is 8. The molecule has 0 fully saturated rings. The van der Waals surface area contributed by atoms with E-state index in [9.17, 15) is 23.5 Å². The monoisotopic (exact) mass is 407 g/mol. The summed E-state index contributed by atoms with van der Waals surface area (Å²) in [6.45, 7) is 2.14. The molecule has 1 aromatic heterocycles. The molecule has 1 aliphatic heterocycles. The average molecular weight is 407 g/mol. The average Bonchev–Trinajstić information content (AvgIpc) is 3.10. The molecule has 150 valence electrons. The number of halogens is 2. The van der Waals surface area contributed by atoms with Crippen molar-refractivity contribution in [3.63, 3.8) is 0 Å². The van der Waals surface area contributed by atoms with E-state index in [1.165, 1.54) is 28.5 Å². The van der Waals surface area contributed by atoms with Gasteiger partial charge in [-0.1, -0.05) is 38.7 Å². The highest BCUT2D eigenvalue weighted by Gasteiger charge is 2.33. The van der Waals surface area contributed by atoms with Crippen molar-refractivity contribution in [1.29, 1.82) is 0 Å². The van der Waals surface area contributed by atoms with E-state index in [-0.39, 0.29) is 11.3 Å². The lowest BCUT2D eigenvalue weighted by atomic mass is 9.96. The van der Waals surface area contributed by atoms with Crippen molar-refractivity contribution in [2.24, 2.45) is 0 Å². The molecule has 2 heterocycles. The third-order valence-corrected chi connectivity index (χ3v) is 6.18. The van der Waals surface area contributed by atoms with Crippen molar-refractivity contribution in [3.05, 3.63) is 51.8 Å². The summed E-state index contributed by atoms with van der Waals surface area (Å²) in [6.07, 6.45) is 5.93. The molecule has 0 saturated heterocycles. The van der Waals surface area contributed by atoms with Crippen LogP contribution in [-0.2, 0) is 11.2 Å². The van der Waals surface area contributed by atoms with Gasteiger partial charge in [-0.15, -0.1) is 11.8 Å². The Morgan fingerprint density at radius 1 is 1.18 bits per heavy atom. The Kier molecular flexibility index (Phi) is 6.54. The van der Waals surface area contributed by atoms with Gasteiger partial charge in [0.25, 0.3) is 5.56 Å². The molecule has 3 rings (SSSR count). The zero-order chi connectivity index (χ0) is 20.3. The van der Waals surface area contributed by atoms with E-state index in [4.69, 9.17) is 0 Å². The molecule has 0 aliphatic carbocycles. The molecule has 7 heteroatoms. The summed E-state index contributed by atoms with van der Waals surface area (Å²) >= 11 is 1.28. The Morgan fingerprint density at radius 2 is 1.93 bits per heavy atom. The van der Waals surface area contributed by atoms with Gasteiger partial charge in [-0.25, -0.2) is 13.6 Å². The molecule has 1 atom stereocenters. The number of carboxylic acids is 1. The fraction of sp³-hybridized carbons (Fsp3) is 0.429. The van der Waals surface area contributed by atoms with Crippen molar-refractivity contribution in [2.45, 2.75) is 56.5 Å². The topological polar surface area (TPSA) is 59.3 Å². The molecule has 0 radical (unpaired) electrons. The SMILES string of the molecule is CCCCCCCc1cc(=O)n2c(c1-c1ccc(F)c(F)c1)SC[C@H]2C(=O)O. The number of hydrogen-bond acceptors (Lipinski definition) is 3. The fourth-order valence-corrected chi connectivity index (χ4v) is 4.93. The second kappa shape index (κ2) is 8.90. The molecule has 1 aliphatic rings. The number of aromatic nitrogens is 1. The van der Waals surface area contributed by atoms with Crippen LogP contribution in [0.25, 0.3) is 11.1 Å². The van der Waals surface area contributed by atoms with Crippen LogP contribution in [-0.4, -0.2) is 21.4 Å². The minimum absolute atomic E-state index is 0.237. The summed E-state index contributed by atoms with van der Waals surface area (Å²) in [4.78, 5) is 24.2. The Bertz CT molecular complexity index is 942. The van der Waals surface area contributed by atoms with Crippen LogP contribution in [0.4, 0.5) is 8.78 Å². The standard InChI is InChI=1S/C21H23F2NO3S/c1-2-3-4-5-6-7-13-11-18(25)24-17(21(26)27)12-28-20(24)19(13)14-8-9-15(22)16(23)10-14/h8-11,17H,2-7,12H2,1H3,(H,26,27)/t17-/m0/s1. The molecular weight excluding hydrogens is 384 g/mol. The molecule has 0 saturated carbocycles. The number of aryl methyl sites for hydroxylation is 1. The maximum absolute atomic E-state index is 13.9. The van der Waals surface area contributed by atoms with E-state index in [2.05, 4.69) is 6.92 Å². The molecule has 28 heavy (non-hydrogen) atoms. The van der Waals surface area contributed by atoms with Crippen molar-refractivity contribution >= 4 is 17.7 Å². The van der Waals surface area contributed by atoms with Crippen LogP contribution in [0.1, 0.15) is 50.6 Å². The first-order chi connectivity index (χ1) is 13.4. The minimum atomic E-state index is -1.07. The lowest BCUT2D eigenvalue weighted by Crippen LogP contribution is -2.29. The maximum Gasteiger partial charge on any atom is 0.327 e. The fourth-order valence-electron chi connectivity index (χ4n) is 3.58.